The average Bonchev–Trinajstić information content (AvgIpc) is 2.87. The summed E-state index contributed by atoms with van der Waals surface area (Å²) in [6.45, 7) is 2.43. The number of thiocarbonyl (C=S) groups is 1. The summed E-state index contributed by atoms with van der Waals surface area (Å²) in [6.07, 6.45) is 0.743. The fraction of sp³-hybridized carbons (Fsp3) is 0.500. The molecule has 0 radical (unpaired) electrons. The van der Waals surface area contributed by atoms with Gasteiger partial charge in [-0.15, -0.1) is 0 Å². The number of carbonyl (C=O) groups is 2. The molecular formula is C18H24F2N4O2S2. The summed E-state index contributed by atoms with van der Waals surface area (Å²) < 4.78 is 27.2. The summed E-state index contributed by atoms with van der Waals surface area (Å²) in [5.74, 6) is -1.57. The third-order valence-corrected chi connectivity index (χ3v) is 5.92. The van der Waals surface area contributed by atoms with E-state index in [4.69, 9.17) is 12.2 Å². The van der Waals surface area contributed by atoms with Gasteiger partial charge in [0.15, 0.2) is 0 Å². The standard InChI is InChI=1S/C18H24F2N4O2S2/c1-22(2)18(27)28-12-17(26)24-7-3-6-23(8-9-24)11-16(25)21-15-5-4-13(19)10-14(15)20/h4-5,10H,3,6-9,11-12H2,1-2H3,(H,21,25). The largest absolute Gasteiger partial charge is 0.364 e. The van der Waals surface area contributed by atoms with Crippen LogP contribution in [0.1, 0.15) is 6.42 Å². The van der Waals surface area contributed by atoms with Crippen LogP contribution in [-0.4, -0.2) is 83.4 Å². The number of rotatable bonds is 5. The van der Waals surface area contributed by atoms with Gasteiger partial charge in [-0.1, -0.05) is 24.0 Å². The molecule has 0 unspecified atom stereocenters. The van der Waals surface area contributed by atoms with Crippen molar-refractivity contribution in [2.45, 2.75) is 6.42 Å². The molecule has 2 rings (SSSR count). The van der Waals surface area contributed by atoms with E-state index < -0.39 is 11.6 Å². The van der Waals surface area contributed by atoms with E-state index in [0.29, 0.717) is 36.3 Å². The number of nitrogens with one attached hydrogen (secondary N) is 1. The molecule has 1 saturated heterocycles. The molecule has 1 aliphatic heterocycles. The minimum Gasteiger partial charge on any atom is -0.364 e. The van der Waals surface area contributed by atoms with Crippen molar-refractivity contribution in [3.63, 3.8) is 0 Å². The third kappa shape index (κ3) is 6.99. The minimum atomic E-state index is -0.811. The highest BCUT2D eigenvalue weighted by molar-refractivity contribution is 8.23. The Kier molecular flexibility index (Phi) is 8.58. The molecule has 1 aliphatic rings. The predicted octanol–water partition coefficient (Wildman–Crippen LogP) is 2.02. The first kappa shape index (κ1) is 22.5. The van der Waals surface area contributed by atoms with Gasteiger partial charge in [0.1, 0.15) is 16.0 Å². The van der Waals surface area contributed by atoms with Crippen molar-refractivity contribution < 1.29 is 18.4 Å². The number of hydrogen-bond donors (Lipinski definition) is 1. The van der Waals surface area contributed by atoms with Crippen LogP contribution in [0.15, 0.2) is 18.2 Å². The van der Waals surface area contributed by atoms with Crippen LogP contribution in [-0.2, 0) is 9.59 Å². The Morgan fingerprint density at radius 3 is 2.64 bits per heavy atom. The zero-order chi connectivity index (χ0) is 20.7. The van der Waals surface area contributed by atoms with Crippen LogP contribution in [0.2, 0.25) is 0 Å². The highest BCUT2D eigenvalue weighted by Crippen LogP contribution is 2.15. The Hall–Kier alpha value is -1.78. The number of thioether (sulfide) groups is 1. The maximum absolute atomic E-state index is 13.6. The van der Waals surface area contributed by atoms with E-state index in [1.807, 2.05) is 19.0 Å². The third-order valence-electron chi connectivity index (χ3n) is 4.20. The Labute approximate surface area is 173 Å². The van der Waals surface area contributed by atoms with E-state index in [2.05, 4.69) is 5.32 Å². The molecule has 1 heterocycles. The van der Waals surface area contributed by atoms with E-state index in [9.17, 15) is 18.4 Å². The van der Waals surface area contributed by atoms with E-state index in [0.717, 1.165) is 18.6 Å². The van der Waals surface area contributed by atoms with Gasteiger partial charge in [0.2, 0.25) is 11.8 Å². The van der Waals surface area contributed by atoms with Crippen molar-refractivity contribution in [2.24, 2.45) is 0 Å². The molecule has 1 aromatic carbocycles. The lowest BCUT2D eigenvalue weighted by Gasteiger charge is -2.22. The van der Waals surface area contributed by atoms with Gasteiger partial charge in [-0.2, -0.15) is 0 Å². The molecule has 28 heavy (non-hydrogen) atoms. The lowest BCUT2D eigenvalue weighted by Crippen LogP contribution is -2.38. The first-order valence-corrected chi connectivity index (χ1v) is 10.2. The number of anilines is 1. The topological polar surface area (TPSA) is 55.9 Å². The van der Waals surface area contributed by atoms with Crippen molar-refractivity contribution in [2.75, 3.05) is 57.9 Å². The van der Waals surface area contributed by atoms with Gasteiger partial charge < -0.3 is 15.1 Å². The van der Waals surface area contributed by atoms with E-state index in [1.165, 1.54) is 17.8 Å². The van der Waals surface area contributed by atoms with Gasteiger partial charge in [0.05, 0.1) is 18.0 Å². The molecule has 154 valence electrons. The Balaban J connectivity index is 1.80. The van der Waals surface area contributed by atoms with Crippen molar-refractivity contribution in [1.82, 2.24) is 14.7 Å². The fourth-order valence-electron chi connectivity index (χ4n) is 2.71. The molecule has 1 N–H and O–H groups in total. The van der Waals surface area contributed by atoms with E-state index in [-0.39, 0.29) is 24.0 Å². The summed E-state index contributed by atoms with van der Waals surface area (Å²) in [4.78, 5) is 30.0. The smallest absolute Gasteiger partial charge is 0.238 e. The number of halogens is 2. The number of carbonyl (C=O) groups excluding carboxylic acids is 2. The van der Waals surface area contributed by atoms with Crippen molar-refractivity contribution >= 4 is 45.8 Å². The van der Waals surface area contributed by atoms with Gasteiger partial charge in [0, 0.05) is 46.3 Å². The molecule has 1 aromatic rings. The summed E-state index contributed by atoms with van der Waals surface area (Å²) in [5, 5.41) is 2.46. The second kappa shape index (κ2) is 10.7. The van der Waals surface area contributed by atoms with Crippen LogP contribution in [0.25, 0.3) is 0 Å². The Morgan fingerprint density at radius 2 is 1.96 bits per heavy atom. The first-order valence-electron chi connectivity index (χ1n) is 8.85. The van der Waals surface area contributed by atoms with Crippen LogP contribution in [0, 0.1) is 11.6 Å². The molecule has 2 amide bonds. The molecule has 0 bridgehead atoms. The maximum atomic E-state index is 13.6. The molecule has 6 nitrogen and oxygen atoms in total. The summed E-state index contributed by atoms with van der Waals surface area (Å²) in [6, 6.07) is 3.01. The van der Waals surface area contributed by atoms with Crippen molar-refractivity contribution in [3.8, 4) is 0 Å². The fourth-order valence-corrected chi connectivity index (χ4v) is 3.57. The van der Waals surface area contributed by atoms with Gasteiger partial charge in [-0.3, -0.25) is 14.5 Å². The number of nitrogens with zero attached hydrogens (tertiary/aromatic N) is 3. The molecule has 1 fully saturated rings. The second-order valence-electron chi connectivity index (χ2n) is 6.63. The summed E-state index contributed by atoms with van der Waals surface area (Å²) in [7, 11) is 3.68. The van der Waals surface area contributed by atoms with Gasteiger partial charge in [-0.25, -0.2) is 8.78 Å². The Morgan fingerprint density at radius 1 is 1.21 bits per heavy atom. The van der Waals surface area contributed by atoms with E-state index >= 15 is 0 Å². The normalized spacial score (nSPS) is 15.1. The maximum Gasteiger partial charge on any atom is 0.238 e. The zero-order valence-corrected chi connectivity index (χ0v) is 17.5. The first-order chi connectivity index (χ1) is 13.3. The zero-order valence-electron chi connectivity index (χ0n) is 15.9. The quantitative estimate of drug-likeness (QED) is 0.722. The van der Waals surface area contributed by atoms with Crippen LogP contribution < -0.4 is 5.32 Å². The number of amides is 2. The number of hydrogen-bond acceptors (Lipinski definition) is 5. The summed E-state index contributed by atoms with van der Waals surface area (Å²) in [5.41, 5.74) is -0.0492. The van der Waals surface area contributed by atoms with Crippen LogP contribution in [0.5, 0.6) is 0 Å². The van der Waals surface area contributed by atoms with E-state index in [1.54, 1.807) is 9.80 Å². The van der Waals surface area contributed by atoms with Crippen LogP contribution >= 0.6 is 24.0 Å². The molecule has 10 heteroatoms. The van der Waals surface area contributed by atoms with Gasteiger partial charge in [0.25, 0.3) is 0 Å². The number of benzene rings is 1. The predicted molar refractivity (Wildman–Crippen MR) is 111 cm³/mol. The Bertz CT molecular complexity index is 734. The SMILES string of the molecule is CN(C)C(=S)SCC(=O)N1CCCN(CC(=O)Nc2ccc(F)cc2F)CC1. The van der Waals surface area contributed by atoms with Gasteiger partial charge in [-0.05, 0) is 18.6 Å². The van der Waals surface area contributed by atoms with Crippen molar-refractivity contribution in [3.05, 3.63) is 29.8 Å². The highest BCUT2D eigenvalue weighted by atomic mass is 32.2. The van der Waals surface area contributed by atoms with Gasteiger partial charge >= 0.3 is 0 Å². The average molecular weight is 431 g/mol. The molecular weight excluding hydrogens is 406 g/mol. The lowest BCUT2D eigenvalue weighted by molar-refractivity contribution is -0.128. The van der Waals surface area contributed by atoms with Crippen molar-refractivity contribution in [1.29, 1.82) is 0 Å². The monoisotopic (exact) mass is 430 g/mol. The molecule has 0 aliphatic carbocycles. The molecule has 0 saturated carbocycles. The molecule has 0 atom stereocenters. The second-order valence-corrected chi connectivity index (χ2v) is 8.24. The highest BCUT2D eigenvalue weighted by Gasteiger charge is 2.21. The van der Waals surface area contributed by atoms with Crippen LogP contribution in [0.3, 0.4) is 0 Å². The molecule has 0 spiro atoms. The van der Waals surface area contributed by atoms with Crippen LogP contribution in [0.4, 0.5) is 14.5 Å². The molecule has 0 aromatic heterocycles. The minimum absolute atomic E-state index is 0.0221. The summed E-state index contributed by atoms with van der Waals surface area (Å²) >= 11 is 6.51. The lowest BCUT2D eigenvalue weighted by atomic mass is 10.3.